The van der Waals surface area contributed by atoms with E-state index in [0.717, 1.165) is 11.3 Å². The summed E-state index contributed by atoms with van der Waals surface area (Å²) < 4.78 is 3.52. The standard InChI is InChI=1S/C27H29N5O2/c1-30-17-7-13-25(30)26(33)28-16-14-23(19-21-9-4-3-5-10-21)31(2)27(34)22-11-6-12-24(20-22)32-18-8-15-29-32/h3-13,15,17-18,20,23H,14,16,19H2,1-2H3,(H,28,33)/t23-/m1/s1. The molecule has 0 aliphatic rings. The highest BCUT2D eigenvalue weighted by Gasteiger charge is 2.22. The van der Waals surface area contributed by atoms with Gasteiger partial charge in [0.15, 0.2) is 0 Å². The van der Waals surface area contributed by atoms with Crippen LogP contribution in [0.5, 0.6) is 0 Å². The maximum Gasteiger partial charge on any atom is 0.267 e. The zero-order valence-corrected chi connectivity index (χ0v) is 19.5. The Hall–Kier alpha value is -4.13. The van der Waals surface area contributed by atoms with E-state index in [1.807, 2.05) is 81.1 Å². The van der Waals surface area contributed by atoms with Gasteiger partial charge in [-0.2, -0.15) is 5.10 Å². The Morgan fingerprint density at radius 1 is 1.00 bits per heavy atom. The molecule has 0 unspecified atom stereocenters. The molecule has 2 aromatic heterocycles. The van der Waals surface area contributed by atoms with Crippen LogP contribution in [0.1, 0.15) is 32.8 Å². The van der Waals surface area contributed by atoms with Crippen molar-refractivity contribution in [3.05, 3.63) is 108 Å². The number of hydrogen-bond donors (Lipinski definition) is 1. The summed E-state index contributed by atoms with van der Waals surface area (Å²) in [5, 5.41) is 7.25. The number of nitrogens with one attached hydrogen (secondary N) is 1. The summed E-state index contributed by atoms with van der Waals surface area (Å²) >= 11 is 0. The molecule has 0 saturated heterocycles. The number of aromatic nitrogens is 3. The second-order valence-electron chi connectivity index (χ2n) is 8.31. The van der Waals surface area contributed by atoms with Crippen molar-refractivity contribution in [3.8, 4) is 5.69 Å². The lowest BCUT2D eigenvalue weighted by Crippen LogP contribution is -2.41. The third kappa shape index (κ3) is 5.43. The number of likely N-dealkylation sites (N-methyl/N-ethyl adjacent to an activating group) is 1. The minimum absolute atomic E-state index is 0.0660. The van der Waals surface area contributed by atoms with Crippen LogP contribution in [0, 0.1) is 0 Å². The van der Waals surface area contributed by atoms with Crippen molar-refractivity contribution in [2.75, 3.05) is 13.6 Å². The van der Waals surface area contributed by atoms with E-state index in [1.165, 1.54) is 0 Å². The minimum Gasteiger partial charge on any atom is -0.351 e. The molecule has 2 heterocycles. The molecule has 1 N–H and O–H groups in total. The third-order valence-corrected chi connectivity index (χ3v) is 5.98. The molecule has 0 spiro atoms. The van der Waals surface area contributed by atoms with E-state index < -0.39 is 0 Å². The SMILES string of the molecule is CN(C(=O)c1cccc(-n2cccn2)c1)[C@H](CCNC(=O)c1cccn1C)Cc1ccccc1. The van der Waals surface area contributed by atoms with Gasteiger partial charge in [-0.3, -0.25) is 9.59 Å². The zero-order valence-electron chi connectivity index (χ0n) is 19.5. The van der Waals surface area contributed by atoms with Gasteiger partial charge >= 0.3 is 0 Å². The third-order valence-electron chi connectivity index (χ3n) is 5.98. The molecule has 1 atom stereocenters. The van der Waals surface area contributed by atoms with Crippen molar-refractivity contribution in [1.29, 1.82) is 0 Å². The van der Waals surface area contributed by atoms with Gasteiger partial charge in [0, 0.05) is 50.8 Å². The van der Waals surface area contributed by atoms with Gasteiger partial charge in [0.25, 0.3) is 11.8 Å². The fourth-order valence-corrected chi connectivity index (χ4v) is 4.03. The number of nitrogens with zero attached hydrogens (tertiary/aromatic N) is 4. The zero-order chi connectivity index (χ0) is 23.9. The molecule has 0 fully saturated rings. The fraction of sp³-hybridized carbons (Fsp3) is 0.222. The molecular formula is C27H29N5O2. The second-order valence-corrected chi connectivity index (χ2v) is 8.31. The van der Waals surface area contributed by atoms with Crippen molar-refractivity contribution in [3.63, 3.8) is 0 Å². The lowest BCUT2D eigenvalue weighted by Gasteiger charge is -2.29. The lowest BCUT2D eigenvalue weighted by molar-refractivity contribution is 0.0722. The Morgan fingerprint density at radius 3 is 2.53 bits per heavy atom. The van der Waals surface area contributed by atoms with Crippen LogP contribution >= 0.6 is 0 Å². The lowest BCUT2D eigenvalue weighted by atomic mass is 10.0. The number of aryl methyl sites for hydroxylation is 1. The average molecular weight is 456 g/mol. The van der Waals surface area contributed by atoms with E-state index in [1.54, 1.807) is 26.4 Å². The summed E-state index contributed by atoms with van der Waals surface area (Å²) in [6.45, 7) is 0.465. The van der Waals surface area contributed by atoms with E-state index in [4.69, 9.17) is 0 Å². The molecular weight excluding hydrogens is 426 g/mol. The molecule has 4 rings (SSSR count). The van der Waals surface area contributed by atoms with Gasteiger partial charge < -0.3 is 14.8 Å². The van der Waals surface area contributed by atoms with Crippen LogP contribution < -0.4 is 5.32 Å². The smallest absolute Gasteiger partial charge is 0.267 e. The van der Waals surface area contributed by atoms with Crippen molar-refractivity contribution in [2.45, 2.75) is 18.9 Å². The first kappa shape index (κ1) is 23.0. The Kier molecular flexibility index (Phi) is 7.22. The van der Waals surface area contributed by atoms with Gasteiger partial charge in [-0.25, -0.2) is 4.68 Å². The molecule has 2 aromatic carbocycles. The van der Waals surface area contributed by atoms with Crippen molar-refractivity contribution in [2.24, 2.45) is 7.05 Å². The first-order valence-corrected chi connectivity index (χ1v) is 11.3. The van der Waals surface area contributed by atoms with Crippen molar-refractivity contribution >= 4 is 11.8 Å². The van der Waals surface area contributed by atoms with Crippen LogP contribution in [-0.2, 0) is 13.5 Å². The summed E-state index contributed by atoms with van der Waals surface area (Å²) in [7, 11) is 3.67. The van der Waals surface area contributed by atoms with E-state index in [2.05, 4.69) is 22.5 Å². The summed E-state index contributed by atoms with van der Waals surface area (Å²) in [6.07, 6.45) is 6.73. The molecule has 0 radical (unpaired) electrons. The first-order valence-electron chi connectivity index (χ1n) is 11.3. The first-order chi connectivity index (χ1) is 16.5. The van der Waals surface area contributed by atoms with Gasteiger partial charge in [0.1, 0.15) is 5.69 Å². The molecule has 7 heteroatoms. The largest absolute Gasteiger partial charge is 0.351 e. The molecule has 0 bridgehead atoms. The Labute approximate surface area is 199 Å². The summed E-state index contributed by atoms with van der Waals surface area (Å²) in [5.74, 6) is -0.185. The monoisotopic (exact) mass is 455 g/mol. The molecule has 174 valence electrons. The van der Waals surface area contributed by atoms with Crippen LogP contribution in [0.15, 0.2) is 91.4 Å². The van der Waals surface area contributed by atoms with Crippen molar-refractivity contribution < 1.29 is 9.59 Å². The number of benzene rings is 2. The molecule has 4 aromatic rings. The van der Waals surface area contributed by atoms with Gasteiger partial charge in [-0.05, 0) is 54.8 Å². The van der Waals surface area contributed by atoms with E-state index >= 15 is 0 Å². The number of hydrogen-bond acceptors (Lipinski definition) is 3. The highest BCUT2D eigenvalue weighted by atomic mass is 16.2. The van der Waals surface area contributed by atoms with Crippen LogP contribution in [0.4, 0.5) is 0 Å². The Morgan fingerprint density at radius 2 is 1.82 bits per heavy atom. The molecule has 0 aliphatic carbocycles. The Bertz CT molecular complexity index is 1230. The van der Waals surface area contributed by atoms with Gasteiger partial charge in [-0.1, -0.05) is 36.4 Å². The van der Waals surface area contributed by atoms with E-state index in [0.29, 0.717) is 30.6 Å². The number of amides is 2. The number of carbonyl (C=O) groups excluding carboxylic acids is 2. The number of rotatable bonds is 9. The van der Waals surface area contributed by atoms with E-state index in [-0.39, 0.29) is 17.9 Å². The maximum absolute atomic E-state index is 13.4. The van der Waals surface area contributed by atoms with Crippen LogP contribution in [0.3, 0.4) is 0 Å². The van der Waals surface area contributed by atoms with E-state index in [9.17, 15) is 9.59 Å². The molecule has 2 amide bonds. The molecule has 0 aliphatic heterocycles. The fourth-order valence-electron chi connectivity index (χ4n) is 4.03. The second kappa shape index (κ2) is 10.7. The normalized spacial score (nSPS) is 11.7. The van der Waals surface area contributed by atoms with Gasteiger partial charge in [-0.15, -0.1) is 0 Å². The Balaban J connectivity index is 1.48. The highest BCUT2D eigenvalue weighted by molar-refractivity contribution is 5.95. The molecule has 7 nitrogen and oxygen atoms in total. The highest BCUT2D eigenvalue weighted by Crippen LogP contribution is 2.17. The molecule has 0 saturated carbocycles. The van der Waals surface area contributed by atoms with Gasteiger partial charge in [0.05, 0.1) is 5.69 Å². The predicted octanol–water partition coefficient (Wildman–Crippen LogP) is 3.71. The van der Waals surface area contributed by atoms with Crippen LogP contribution in [0.2, 0.25) is 0 Å². The summed E-state index contributed by atoms with van der Waals surface area (Å²) in [6, 6.07) is 23.0. The predicted molar refractivity (Wildman–Crippen MR) is 132 cm³/mol. The van der Waals surface area contributed by atoms with Crippen LogP contribution in [0.25, 0.3) is 5.69 Å². The maximum atomic E-state index is 13.4. The minimum atomic E-state index is -0.119. The topological polar surface area (TPSA) is 72.2 Å². The summed E-state index contributed by atoms with van der Waals surface area (Å²) in [4.78, 5) is 27.7. The quantitative estimate of drug-likeness (QED) is 0.418. The summed E-state index contributed by atoms with van der Waals surface area (Å²) in [5.41, 5.74) is 3.19. The molecule has 34 heavy (non-hydrogen) atoms. The van der Waals surface area contributed by atoms with Crippen LogP contribution in [-0.4, -0.2) is 50.7 Å². The average Bonchev–Trinajstić information content (AvgIpc) is 3.55. The number of carbonyl (C=O) groups is 2. The van der Waals surface area contributed by atoms with Crippen molar-refractivity contribution in [1.82, 2.24) is 24.6 Å². The van der Waals surface area contributed by atoms with Gasteiger partial charge in [0.2, 0.25) is 0 Å².